The SMILES string of the molecule is CC(C)NCC1CCN(Cc2ccc(Br)cc2Cl)CC1. The summed E-state index contributed by atoms with van der Waals surface area (Å²) in [6.07, 6.45) is 2.57. The Bertz CT molecular complexity index is 428. The number of nitrogens with zero attached hydrogens (tertiary/aromatic N) is 1. The minimum Gasteiger partial charge on any atom is -0.314 e. The zero-order valence-corrected chi connectivity index (χ0v) is 14.7. The average molecular weight is 360 g/mol. The molecular weight excluding hydrogens is 336 g/mol. The van der Waals surface area contributed by atoms with Crippen molar-refractivity contribution >= 4 is 27.5 Å². The van der Waals surface area contributed by atoms with E-state index in [0.717, 1.165) is 28.5 Å². The first kappa shape index (κ1) is 16.3. The maximum Gasteiger partial charge on any atom is 0.0462 e. The molecule has 0 aliphatic carbocycles. The van der Waals surface area contributed by atoms with E-state index in [1.165, 1.54) is 31.5 Å². The summed E-state index contributed by atoms with van der Waals surface area (Å²) in [7, 11) is 0. The van der Waals surface area contributed by atoms with Crippen LogP contribution >= 0.6 is 27.5 Å². The quantitative estimate of drug-likeness (QED) is 0.842. The molecule has 2 nitrogen and oxygen atoms in total. The van der Waals surface area contributed by atoms with Crippen molar-refractivity contribution in [3.8, 4) is 0 Å². The number of likely N-dealkylation sites (tertiary alicyclic amines) is 1. The highest BCUT2D eigenvalue weighted by molar-refractivity contribution is 9.10. The first-order chi connectivity index (χ1) is 9.54. The predicted molar refractivity (Wildman–Crippen MR) is 90.3 cm³/mol. The van der Waals surface area contributed by atoms with Crippen molar-refractivity contribution in [2.75, 3.05) is 19.6 Å². The van der Waals surface area contributed by atoms with Crippen LogP contribution < -0.4 is 5.32 Å². The van der Waals surface area contributed by atoms with Crippen LogP contribution in [0.4, 0.5) is 0 Å². The average Bonchev–Trinajstić information content (AvgIpc) is 2.41. The molecule has 1 fully saturated rings. The molecule has 0 spiro atoms. The molecule has 1 N–H and O–H groups in total. The molecule has 4 heteroatoms. The summed E-state index contributed by atoms with van der Waals surface area (Å²) in [6.45, 7) is 8.91. The molecule has 0 unspecified atom stereocenters. The summed E-state index contributed by atoms with van der Waals surface area (Å²) < 4.78 is 1.05. The Labute approximate surface area is 136 Å². The van der Waals surface area contributed by atoms with Crippen molar-refractivity contribution in [3.05, 3.63) is 33.3 Å². The van der Waals surface area contributed by atoms with E-state index >= 15 is 0 Å². The number of rotatable bonds is 5. The molecule has 0 saturated carbocycles. The van der Waals surface area contributed by atoms with E-state index in [0.29, 0.717) is 6.04 Å². The lowest BCUT2D eigenvalue weighted by Crippen LogP contribution is -2.38. The van der Waals surface area contributed by atoms with E-state index in [2.05, 4.69) is 52.1 Å². The van der Waals surface area contributed by atoms with Gasteiger partial charge in [0, 0.05) is 22.1 Å². The van der Waals surface area contributed by atoms with E-state index < -0.39 is 0 Å². The van der Waals surface area contributed by atoms with Gasteiger partial charge in [-0.3, -0.25) is 4.90 Å². The van der Waals surface area contributed by atoms with Crippen LogP contribution in [0, 0.1) is 5.92 Å². The number of halogens is 2. The third kappa shape index (κ3) is 5.03. The molecule has 1 aliphatic rings. The Hall–Kier alpha value is -0.0900. The second-order valence-corrected chi connectivity index (χ2v) is 7.34. The standard InChI is InChI=1S/C16H24BrClN2/c1-12(2)19-10-13-5-7-20(8-6-13)11-14-3-4-15(17)9-16(14)18/h3-4,9,12-13,19H,5-8,10-11H2,1-2H3. The second kappa shape index (κ2) is 7.79. The Kier molecular flexibility index (Phi) is 6.34. The monoisotopic (exact) mass is 358 g/mol. The van der Waals surface area contributed by atoms with Crippen molar-refractivity contribution in [1.29, 1.82) is 0 Å². The van der Waals surface area contributed by atoms with E-state index in [4.69, 9.17) is 11.6 Å². The molecule has 1 aliphatic heterocycles. The summed E-state index contributed by atoms with van der Waals surface area (Å²) in [5, 5.41) is 4.41. The lowest BCUT2D eigenvalue weighted by molar-refractivity contribution is 0.174. The molecule has 0 aromatic heterocycles. The fourth-order valence-electron chi connectivity index (χ4n) is 2.64. The topological polar surface area (TPSA) is 15.3 Å². The van der Waals surface area contributed by atoms with Gasteiger partial charge in [-0.1, -0.05) is 47.4 Å². The molecule has 20 heavy (non-hydrogen) atoms. The number of hydrogen-bond acceptors (Lipinski definition) is 2. The molecule has 2 rings (SSSR count). The lowest BCUT2D eigenvalue weighted by Gasteiger charge is -2.32. The van der Waals surface area contributed by atoms with E-state index in [-0.39, 0.29) is 0 Å². The summed E-state index contributed by atoms with van der Waals surface area (Å²) in [4.78, 5) is 2.51. The Morgan fingerprint density at radius 3 is 2.65 bits per heavy atom. The molecule has 0 radical (unpaired) electrons. The predicted octanol–water partition coefficient (Wildman–Crippen LogP) is 4.31. The van der Waals surface area contributed by atoms with Gasteiger partial charge in [-0.25, -0.2) is 0 Å². The van der Waals surface area contributed by atoms with Crippen LogP contribution in [-0.4, -0.2) is 30.6 Å². The van der Waals surface area contributed by atoms with Gasteiger partial charge in [-0.15, -0.1) is 0 Å². The van der Waals surface area contributed by atoms with E-state index in [1.807, 2.05) is 6.07 Å². The van der Waals surface area contributed by atoms with Crippen LogP contribution in [0.2, 0.25) is 5.02 Å². The molecule has 1 aromatic carbocycles. The minimum absolute atomic E-state index is 0.592. The van der Waals surface area contributed by atoms with Gasteiger partial charge in [0.15, 0.2) is 0 Å². The zero-order chi connectivity index (χ0) is 14.5. The molecule has 1 aromatic rings. The number of hydrogen-bond donors (Lipinski definition) is 1. The van der Waals surface area contributed by atoms with E-state index in [1.54, 1.807) is 0 Å². The first-order valence-electron chi connectivity index (χ1n) is 7.44. The summed E-state index contributed by atoms with van der Waals surface area (Å²) in [5.74, 6) is 0.828. The van der Waals surface area contributed by atoms with Crippen molar-refractivity contribution in [2.45, 2.75) is 39.3 Å². The Morgan fingerprint density at radius 2 is 2.05 bits per heavy atom. The van der Waals surface area contributed by atoms with Crippen LogP contribution in [0.1, 0.15) is 32.3 Å². The molecule has 0 amide bonds. The molecule has 1 saturated heterocycles. The number of benzene rings is 1. The van der Waals surface area contributed by atoms with Gasteiger partial charge in [0.25, 0.3) is 0 Å². The highest BCUT2D eigenvalue weighted by Gasteiger charge is 2.19. The van der Waals surface area contributed by atoms with Gasteiger partial charge in [0.05, 0.1) is 0 Å². The fraction of sp³-hybridized carbons (Fsp3) is 0.625. The van der Waals surface area contributed by atoms with Gasteiger partial charge >= 0.3 is 0 Å². The summed E-state index contributed by atoms with van der Waals surface area (Å²) in [5.41, 5.74) is 1.23. The van der Waals surface area contributed by atoms with Gasteiger partial charge in [0.1, 0.15) is 0 Å². The number of piperidine rings is 1. The van der Waals surface area contributed by atoms with Crippen molar-refractivity contribution in [2.24, 2.45) is 5.92 Å². The largest absolute Gasteiger partial charge is 0.314 e. The third-order valence-corrected chi connectivity index (χ3v) is 4.78. The van der Waals surface area contributed by atoms with Crippen LogP contribution in [0.5, 0.6) is 0 Å². The highest BCUT2D eigenvalue weighted by Crippen LogP contribution is 2.24. The van der Waals surface area contributed by atoms with Crippen LogP contribution in [0.3, 0.4) is 0 Å². The minimum atomic E-state index is 0.592. The Balaban J connectivity index is 1.79. The van der Waals surface area contributed by atoms with Gasteiger partial charge in [-0.05, 0) is 56.1 Å². The van der Waals surface area contributed by atoms with Gasteiger partial charge in [0.2, 0.25) is 0 Å². The Morgan fingerprint density at radius 1 is 1.35 bits per heavy atom. The highest BCUT2D eigenvalue weighted by atomic mass is 79.9. The summed E-state index contributed by atoms with van der Waals surface area (Å²) in [6, 6.07) is 6.77. The maximum absolute atomic E-state index is 6.30. The lowest BCUT2D eigenvalue weighted by atomic mass is 9.96. The normalized spacial score (nSPS) is 17.9. The first-order valence-corrected chi connectivity index (χ1v) is 8.61. The molecule has 1 heterocycles. The third-order valence-electron chi connectivity index (χ3n) is 3.93. The summed E-state index contributed by atoms with van der Waals surface area (Å²) >= 11 is 9.75. The molecular formula is C16H24BrClN2. The van der Waals surface area contributed by atoms with Crippen molar-refractivity contribution in [3.63, 3.8) is 0 Å². The van der Waals surface area contributed by atoms with Crippen LogP contribution in [0.25, 0.3) is 0 Å². The van der Waals surface area contributed by atoms with E-state index in [9.17, 15) is 0 Å². The number of nitrogens with one attached hydrogen (secondary N) is 1. The maximum atomic E-state index is 6.30. The van der Waals surface area contributed by atoms with Gasteiger partial charge in [-0.2, -0.15) is 0 Å². The molecule has 112 valence electrons. The van der Waals surface area contributed by atoms with Crippen molar-refractivity contribution < 1.29 is 0 Å². The molecule has 0 bridgehead atoms. The molecule has 0 atom stereocenters. The fourth-order valence-corrected chi connectivity index (χ4v) is 3.38. The van der Waals surface area contributed by atoms with Crippen LogP contribution in [0.15, 0.2) is 22.7 Å². The zero-order valence-electron chi connectivity index (χ0n) is 12.3. The van der Waals surface area contributed by atoms with Crippen molar-refractivity contribution in [1.82, 2.24) is 10.2 Å². The second-order valence-electron chi connectivity index (χ2n) is 6.02. The van der Waals surface area contributed by atoms with Gasteiger partial charge < -0.3 is 5.32 Å². The smallest absolute Gasteiger partial charge is 0.0462 e. The van der Waals surface area contributed by atoms with Crippen LogP contribution in [-0.2, 0) is 6.54 Å².